The Hall–Kier alpha value is -2.42. The number of benzene rings is 2. The molecule has 3 heteroatoms. The molecule has 1 aromatic heterocycles. The number of fused-ring (bicyclic) bond motifs is 1. The monoisotopic (exact) mass is 294 g/mol. The Morgan fingerprint density at radius 3 is 2.32 bits per heavy atom. The lowest BCUT2D eigenvalue weighted by Crippen LogP contribution is -2.26. The van der Waals surface area contributed by atoms with Crippen molar-refractivity contribution in [2.75, 3.05) is 5.32 Å². The van der Waals surface area contributed by atoms with Crippen LogP contribution in [0.4, 0.5) is 10.1 Å². The molecular formula is C19H19FN2. The molecule has 0 aliphatic rings. The fourth-order valence-corrected chi connectivity index (χ4v) is 2.44. The zero-order valence-corrected chi connectivity index (χ0v) is 13.0. The lowest BCUT2D eigenvalue weighted by molar-refractivity contribution is 0.627. The van der Waals surface area contributed by atoms with Crippen molar-refractivity contribution in [3.63, 3.8) is 0 Å². The van der Waals surface area contributed by atoms with E-state index >= 15 is 0 Å². The summed E-state index contributed by atoms with van der Waals surface area (Å²) < 4.78 is 13.2. The number of nitrogens with one attached hydrogen (secondary N) is 1. The molecule has 0 aliphatic heterocycles. The average Bonchev–Trinajstić information content (AvgIpc) is 2.46. The molecule has 22 heavy (non-hydrogen) atoms. The molecule has 0 bridgehead atoms. The van der Waals surface area contributed by atoms with E-state index in [1.807, 2.05) is 24.3 Å². The van der Waals surface area contributed by atoms with Gasteiger partial charge in [-0.05, 0) is 57.2 Å². The normalized spacial score (nSPS) is 11.6. The predicted molar refractivity (Wildman–Crippen MR) is 90.5 cm³/mol. The summed E-state index contributed by atoms with van der Waals surface area (Å²) in [5, 5.41) is 4.58. The van der Waals surface area contributed by atoms with Gasteiger partial charge in [-0.25, -0.2) is 9.37 Å². The lowest BCUT2D eigenvalue weighted by Gasteiger charge is -2.24. The predicted octanol–water partition coefficient (Wildman–Crippen LogP) is 5.25. The number of hydrogen-bond acceptors (Lipinski definition) is 2. The van der Waals surface area contributed by atoms with Crippen molar-refractivity contribution in [3.8, 4) is 11.3 Å². The summed E-state index contributed by atoms with van der Waals surface area (Å²) >= 11 is 0. The Kier molecular flexibility index (Phi) is 3.57. The molecule has 2 aromatic carbocycles. The van der Waals surface area contributed by atoms with Crippen LogP contribution >= 0.6 is 0 Å². The van der Waals surface area contributed by atoms with Crippen molar-refractivity contribution in [1.82, 2.24) is 4.98 Å². The van der Waals surface area contributed by atoms with Crippen LogP contribution in [0.2, 0.25) is 0 Å². The Labute approximate surface area is 130 Å². The molecule has 1 N–H and O–H groups in total. The maximum Gasteiger partial charge on any atom is 0.123 e. The topological polar surface area (TPSA) is 24.9 Å². The van der Waals surface area contributed by atoms with Gasteiger partial charge in [0.1, 0.15) is 5.82 Å². The van der Waals surface area contributed by atoms with E-state index < -0.39 is 0 Å². The van der Waals surface area contributed by atoms with Crippen LogP contribution < -0.4 is 5.32 Å². The largest absolute Gasteiger partial charge is 0.379 e. The van der Waals surface area contributed by atoms with Gasteiger partial charge in [0.05, 0.1) is 16.9 Å². The van der Waals surface area contributed by atoms with Crippen molar-refractivity contribution >= 4 is 16.6 Å². The zero-order chi connectivity index (χ0) is 15.7. The molecule has 0 aliphatic carbocycles. The molecule has 0 saturated carbocycles. The van der Waals surface area contributed by atoms with Gasteiger partial charge in [0.15, 0.2) is 0 Å². The van der Waals surface area contributed by atoms with Gasteiger partial charge in [-0.2, -0.15) is 0 Å². The average molecular weight is 294 g/mol. The highest BCUT2D eigenvalue weighted by molar-refractivity contribution is 5.89. The van der Waals surface area contributed by atoms with E-state index in [9.17, 15) is 4.39 Å². The van der Waals surface area contributed by atoms with Crippen LogP contribution in [0.1, 0.15) is 20.8 Å². The van der Waals surface area contributed by atoms with Crippen molar-refractivity contribution < 1.29 is 4.39 Å². The van der Waals surface area contributed by atoms with E-state index in [0.29, 0.717) is 0 Å². The molecule has 2 nitrogen and oxygen atoms in total. The van der Waals surface area contributed by atoms with E-state index in [1.165, 1.54) is 12.1 Å². The fraction of sp³-hybridized carbons (Fsp3) is 0.211. The number of hydrogen-bond donors (Lipinski definition) is 1. The fourth-order valence-electron chi connectivity index (χ4n) is 2.44. The molecule has 0 radical (unpaired) electrons. The number of rotatable bonds is 2. The second kappa shape index (κ2) is 5.41. The van der Waals surface area contributed by atoms with Gasteiger partial charge in [-0.3, -0.25) is 0 Å². The summed E-state index contributed by atoms with van der Waals surface area (Å²) in [7, 11) is 0. The van der Waals surface area contributed by atoms with Crippen molar-refractivity contribution in [1.29, 1.82) is 0 Å². The minimum Gasteiger partial charge on any atom is -0.379 e. The van der Waals surface area contributed by atoms with Crippen LogP contribution in [-0.2, 0) is 0 Å². The molecule has 3 aromatic rings. The van der Waals surface area contributed by atoms with Crippen LogP contribution in [-0.4, -0.2) is 10.5 Å². The molecule has 0 unspecified atom stereocenters. The number of halogens is 1. The van der Waals surface area contributed by atoms with Gasteiger partial charge in [0.2, 0.25) is 0 Å². The van der Waals surface area contributed by atoms with Crippen LogP contribution in [0, 0.1) is 5.82 Å². The van der Waals surface area contributed by atoms with E-state index in [2.05, 4.69) is 32.2 Å². The van der Waals surface area contributed by atoms with Gasteiger partial charge >= 0.3 is 0 Å². The third-order valence-corrected chi connectivity index (χ3v) is 3.35. The summed E-state index contributed by atoms with van der Waals surface area (Å²) in [5.74, 6) is -0.241. The maximum absolute atomic E-state index is 13.2. The van der Waals surface area contributed by atoms with Gasteiger partial charge in [0, 0.05) is 16.5 Å². The van der Waals surface area contributed by atoms with Crippen LogP contribution in [0.5, 0.6) is 0 Å². The second-order valence-corrected chi connectivity index (χ2v) is 6.46. The minimum absolute atomic E-state index is 0.0844. The smallest absolute Gasteiger partial charge is 0.123 e. The first-order chi connectivity index (χ1) is 10.4. The molecule has 0 spiro atoms. The number of para-hydroxylation sites is 1. The molecule has 112 valence electrons. The van der Waals surface area contributed by atoms with E-state index in [-0.39, 0.29) is 11.4 Å². The number of nitrogens with zero attached hydrogens (tertiary/aromatic N) is 1. The van der Waals surface area contributed by atoms with E-state index in [1.54, 1.807) is 12.1 Å². The van der Waals surface area contributed by atoms with Gasteiger partial charge < -0.3 is 5.32 Å². The third kappa shape index (κ3) is 3.08. The highest BCUT2D eigenvalue weighted by Crippen LogP contribution is 2.31. The number of anilines is 1. The standard InChI is InChI=1S/C19H19FN2/c1-19(2,3)22-17-12-14-6-4-5-7-16(14)21-18(17)13-8-10-15(20)11-9-13/h4-12,22H,1-3H3. The molecule has 0 fully saturated rings. The summed E-state index contributed by atoms with van der Waals surface area (Å²) in [4.78, 5) is 4.77. The SMILES string of the molecule is CC(C)(C)Nc1cc2ccccc2nc1-c1ccc(F)cc1. The van der Waals surface area contributed by atoms with Crippen LogP contribution in [0.25, 0.3) is 22.2 Å². The molecule has 0 atom stereocenters. The summed E-state index contributed by atoms with van der Waals surface area (Å²) in [6.07, 6.45) is 0. The van der Waals surface area contributed by atoms with E-state index in [4.69, 9.17) is 4.98 Å². The Bertz CT molecular complexity index is 802. The first-order valence-electron chi connectivity index (χ1n) is 7.36. The quantitative estimate of drug-likeness (QED) is 0.698. The molecule has 3 rings (SSSR count). The Balaban J connectivity index is 2.20. The zero-order valence-electron chi connectivity index (χ0n) is 13.0. The highest BCUT2D eigenvalue weighted by atomic mass is 19.1. The van der Waals surface area contributed by atoms with Crippen molar-refractivity contribution in [2.45, 2.75) is 26.3 Å². The van der Waals surface area contributed by atoms with Crippen molar-refractivity contribution in [3.05, 3.63) is 60.4 Å². The Morgan fingerprint density at radius 2 is 1.64 bits per heavy atom. The van der Waals surface area contributed by atoms with Crippen LogP contribution in [0.15, 0.2) is 54.6 Å². The Morgan fingerprint density at radius 1 is 0.955 bits per heavy atom. The molecular weight excluding hydrogens is 275 g/mol. The minimum atomic E-state index is -0.241. The first-order valence-corrected chi connectivity index (χ1v) is 7.36. The van der Waals surface area contributed by atoms with Crippen LogP contribution in [0.3, 0.4) is 0 Å². The van der Waals surface area contributed by atoms with E-state index in [0.717, 1.165) is 27.8 Å². The third-order valence-electron chi connectivity index (χ3n) is 3.35. The molecule has 1 heterocycles. The van der Waals surface area contributed by atoms with Crippen molar-refractivity contribution in [2.24, 2.45) is 0 Å². The molecule has 0 saturated heterocycles. The van der Waals surface area contributed by atoms with Gasteiger partial charge in [-0.15, -0.1) is 0 Å². The molecule has 0 amide bonds. The number of pyridine rings is 1. The summed E-state index contributed by atoms with van der Waals surface area (Å²) in [6.45, 7) is 6.32. The summed E-state index contributed by atoms with van der Waals surface area (Å²) in [5.41, 5.74) is 3.55. The summed E-state index contributed by atoms with van der Waals surface area (Å²) in [6, 6.07) is 16.6. The van der Waals surface area contributed by atoms with Gasteiger partial charge in [0.25, 0.3) is 0 Å². The van der Waals surface area contributed by atoms with Gasteiger partial charge in [-0.1, -0.05) is 18.2 Å². The number of aromatic nitrogens is 1. The lowest BCUT2D eigenvalue weighted by atomic mass is 10.0. The first kappa shape index (κ1) is 14.5. The highest BCUT2D eigenvalue weighted by Gasteiger charge is 2.15. The maximum atomic E-state index is 13.2. The second-order valence-electron chi connectivity index (χ2n) is 6.46.